The number of thiophene rings is 1. The van der Waals surface area contributed by atoms with E-state index in [1.54, 1.807) is 11.3 Å². The maximum atomic E-state index is 4.64. The van der Waals surface area contributed by atoms with Crippen LogP contribution in [0.1, 0.15) is 43.8 Å². The van der Waals surface area contributed by atoms with Gasteiger partial charge in [0.25, 0.3) is 0 Å². The Labute approximate surface area is 133 Å². The standard InChI is InChI=1S/C15H22BrN3S/c1-4-12-8-13(19(6-3)18-12)9-14(17-5-2)11-7-15(16)20-10-11/h7-8,10,14,17H,4-6,9H2,1-3H3. The van der Waals surface area contributed by atoms with Crippen molar-refractivity contribution < 1.29 is 0 Å². The molecule has 0 radical (unpaired) electrons. The molecule has 0 saturated heterocycles. The Hall–Kier alpha value is -0.650. The number of aromatic nitrogens is 2. The Morgan fingerprint density at radius 3 is 2.70 bits per heavy atom. The maximum Gasteiger partial charge on any atom is 0.0701 e. The predicted octanol–water partition coefficient (Wildman–Crippen LogP) is 4.18. The van der Waals surface area contributed by atoms with Gasteiger partial charge in [-0.15, -0.1) is 11.3 Å². The van der Waals surface area contributed by atoms with Crippen molar-refractivity contribution in [2.75, 3.05) is 6.54 Å². The van der Waals surface area contributed by atoms with Crippen molar-refractivity contribution >= 4 is 27.3 Å². The molecule has 2 aromatic heterocycles. The lowest BCUT2D eigenvalue weighted by Crippen LogP contribution is -2.23. The first-order chi connectivity index (χ1) is 9.67. The van der Waals surface area contributed by atoms with Crippen molar-refractivity contribution in [3.8, 4) is 0 Å². The third-order valence-electron chi connectivity index (χ3n) is 3.43. The molecule has 3 nitrogen and oxygen atoms in total. The maximum absolute atomic E-state index is 4.64. The van der Waals surface area contributed by atoms with Crippen LogP contribution in [0.3, 0.4) is 0 Å². The number of likely N-dealkylation sites (N-methyl/N-ethyl adjacent to an activating group) is 1. The minimum atomic E-state index is 0.356. The second-order valence-electron chi connectivity index (χ2n) is 4.79. The number of hydrogen-bond acceptors (Lipinski definition) is 3. The van der Waals surface area contributed by atoms with E-state index in [1.165, 1.54) is 20.7 Å². The highest BCUT2D eigenvalue weighted by atomic mass is 79.9. The second kappa shape index (κ2) is 7.38. The van der Waals surface area contributed by atoms with Gasteiger partial charge in [0, 0.05) is 24.7 Å². The molecule has 5 heteroatoms. The Balaban J connectivity index is 2.21. The van der Waals surface area contributed by atoms with Crippen LogP contribution in [0.25, 0.3) is 0 Å². The third kappa shape index (κ3) is 3.71. The van der Waals surface area contributed by atoms with Crippen LogP contribution in [-0.2, 0) is 19.4 Å². The molecule has 1 N–H and O–H groups in total. The van der Waals surface area contributed by atoms with Gasteiger partial charge in [-0.3, -0.25) is 4.68 Å². The van der Waals surface area contributed by atoms with Crippen LogP contribution < -0.4 is 5.32 Å². The number of nitrogens with one attached hydrogen (secondary N) is 1. The molecule has 110 valence electrons. The second-order valence-corrected chi connectivity index (χ2v) is 7.09. The summed E-state index contributed by atoms with van der Waals surface area (Å²) in [6.07, 6.45) is 1.98. The number of halogens is 1. The molecule has 1 unspecified atom stereocenters. The molecule has 0 amide bonds. The van der Waals surface area contributed by atoms with Gasteiger partial charge in [-0.1, -0.05) is 13.8 Å². The van der Waals surface area contributed by atoms with Crippen LogP contribution in [0.5, 0.6) is 0 Å². The van der Waals surface area contributed by atoms with E-state index in [1.807, 2.05) is 0 Å². The molecule has 0 bridgehead atoms. The number of nitrogens with zero attached hydrogens (tertiary/aromatic N) is 2. The van der Waals surface area contributed by atoms with Gasteiger partial charge in [0.1, 0.15) is 0 Å². The highest BCUT2D eigenvalue weighted by molar-refractivity contribution is 9.11. The minimum absolute atomic E-state index is 0.356. The van der Waals surface area contributed by atoms with Gasteiger partial charge in [0.2, 0.25) is 0 Å². The molecule has 1 atom stereocenters. The lowest BCUT2D eigenvalue weighted by molar-refractivity contribution is 0.517. The van der Waals surface area contributed by atoms with Crippen LogP contribution >= 0.6 is 27.3 Å². The van der Waals surface area contributed by atoms with Crippen LogP contribution in [0.4, 0.5) is 0 Å². The summed E-state index contributed by atoms with van der Waals surface area (Å²) in [5, 5.41) is 10.5. The zero-order valence-corrected chi connectivity index (χ0v) is 14.7. The molecular weight excluding hydrogens is 334 g/mol. The summed E-state index contributed by atoms with van der Waals surface area (Å²) in [5.41, 5.74) is 3.85. The monoisotopic (exact) mass is 355 g/mol. The molecule has 0 aromatic carbocycles. The molecule has 2 rings (SSSR count). The van der Waals surface area contributed by atoms with Crippen LogP contribution in [0.15, 0.2) is 21.3 Å². The first kappa shape index (κ1) is 15.7. The van der Waals surface area contributed by atoms with E-state index in [9.17, 15) is 0 Å². The van der Waals surface area contributed by atoms with E-state index in [2.05, 4.69) is 69.3 Å². The summed E-state index contributed by atoms with van der Waals surface area (Å²) in [6, 6.07) is 4.81. The Morgan fingerprint density at radius 1 is 1.35 bits per heavy atom. The molecular formula is C15H22BrN3S. The third-order valence-corrected chi connectivity index (χ3v) is 4.95. The van der Waals surface area contributed by atoms with Crippen molar-refractivity contribution in [2.24, 2.45) is 0 Å². The van der Waals surface area contributed by atoms with Crippen molar-refractivity contribution in [1.29, 1.82) is 0 Å². The average Bonchev–Trinajstić information content (AvgIpc) is 3.04. The van der Waals surface area contributed by atoms with Gasteiger partial charge in [-0.05, 0) is 58.9 Å². The van der Waals surface area contributed by atoms with E-state index in [4.69, 9.17) is 0 Å². The highest BCUT2D eigenvalue weighted by Gasteiger charge is 2.16. The Morgan fingerprint density at radius 2 is 2.15 bits per heavy atom. The van der Waals surface area contributed by atoms with E-state index >= 15 is 0 Å². The fourth-order valence-electron chi connectivity index (χ4n) is 2.40. The fourth-order valence-corrected chi connectivity index (χ4v) is 3.63. The quantitative estimate of drug-likeness (QED) is 0.807. The topological polar surface area (TPSA) is 29.9 Å². The predicted molar refractivity (Wildman–Crippen MR) is 89.4 cm³/mol. The zero-order valence-electron chi connectivity index (χ0n) is 12.3. The van der Waals surface area contributed by atoms with Gasteiger partial charge in [0.15, 0.2) is 0 Å². The van der Waals surface area contributed by atoms with Crippen molar-refractivity contribution in [3.05, 3.63) is 38.3 Å². The Kier molecular flexibility index (Phi) is 5.81. The van der Waals surface area contributed by atoms with Crippen molar-refractivity contribution in [2.45, 2.75) is 46.2 Å². The lowest BCUT2D eigenvalue weighted by Gasteiger charge is -2.17. The van der Waals surface area contributed by atoms with Crippen LogP contribution in [-0.4, -0.2) is 16.3 Å². The van der Waals surface area contributed by atoms with E-state index < -0.39 is 0 Å². The summed E-state index contributed by atoms with van der Waals surface area (Å²) in [4.78, 5) is 0. The molecule has 0 saturated carbocycles. The first-order valence-electron chi connectivity index (χ1n) is 7.20. The van der Waals surface area contributed by atoms with Gasteiger partial charge in [-0.2, -0.15) is 5.10 Å². The molecule has 0 spiro atoms. The summed E-state index contributed by atoms with van der Waals surface area (Å²) >= 11 is 5.30. The summed E-state index contributed by atoms with van der Waals surface area (Å²) in [5.74, 6) is 0. The van der Waals surface area contributed by atoms with Gasteiger partial charge in [0.05, 0.1) is 9.48 Å². The molecule has 0 aliphatic carbocycles. The largest absolute Gasteiger partial charge is 0.310 e. The van der Waals surface area contributed by atoms with E-state index in [-0.39, 0.29) is 0 Å². The highest BCUT2D eigenvalue weighted by Crippen LogP contribution is 2.27. The fraction of sp³-hybridized carbons (Fsp3) is 0.533. The van der Waals surface area contributed by atoms with Crippen LogP contribution in [0.2, 0.25) is 0 Å². The minimum Gasteiger partial charge on any atom is -0.310 e. The number of aryl methyl sites for hydroxylation is 2. The van der Waals surface area contributed by atoms with Gasteiger partial charge < -0.3 is 5.32 Å². The number of hydrogen-bond donors (Lipinski definition) is 1. The smallest absolute Gasteiger partial charge is 0.0701 e. The van der Waals surface area contributed by atoms with E-state index in [0.29, 0.717) is 6.04 Å². The molecule has 2 heterocycles. The van der Waals surface area contributed by atoms with Gasteiger partial charge >= 0.3 is 0 Å². The average molecular weight is 356 g/mol. The van der Waals surface area contributed by atoms with Gasteiger partial charge in [-0.25, -0.2) is 0 Å². The summed E-state index contributed by atoms with van der Waals surface area (Å²) < 4.78 is 3.32. The molecule has 20 heavy (non-hydrogen) atoms. The Bertz CT molecular complexity index is 547. The van der Waals surface area contributed by atoms with Crippen LogP contribution in [0, 0.1) is 0 Å². The molecule has 0 aliphatic heterocycles. The zero-order chi connectivity index (χ0) is 14.5. The summed E-state index contributed by atoms with van der Waals surface area (Å²) in [7, 11) is 0. The lowest BCUT2D eigenvalue weighted by atomic mass is 10.0. The molecule has 0 fully saturated rings. The molecule has 2 aromatic rings. The molecule has 0 aliphatic rings. The van der Waals surface area contributed by atoms with E-state index in [0.717, 1.165) is 25.9 Å². The summed E-state index contributed by atoms with van der Waals surface area (Å²) in [6.45, 7) is 8.37. The van der Waals surface area contributed by atoms with Crippen molar-refractivity contribution in [1.82, 2.24) is 15.1 Å². The van der Waals surface area contributed by atoms with Crippen molar-refractivity contribution in [3.63, 3.8) is 0 Å². The SMILES string of the molecule is CCNC(Cc1cc(CC)nn1CC)c1csc(Br)c1. The number of rotatable bonds is 7. The normalized spacial score (nSPS) is 12.8. The first-order valence-corrected chi connectivity index (χ1v) is 8.88.